The first kappa shape index (κ1) is 66.1. The zero-order valence-corrected chi connectivity index (χ0v) is 45.6. The summed E-state index contributed by atoms with van der Waals surface area (Å²) in [5.41, 5.74) is 0. The van der Waals surface area contributed by atoms with Gasteiger partial charge in [0.2, 0.25) is 5.91 Å². The molecule has 0 rings (SSSR count). The van der Waals surface area contributed by atoms with Gasteiger partial charge in [-0.3, -0.25) is 9.59 Å². The van der Waals surface area contributed by atoms with Crippen LogP contribution in [0.3, 0.4) is 0 Å². The number of allylic oxidation sites excluding steroid dienone is 5. The third kappa shape index (κ3) is 53.4. The van der Waals surface area contributed by atoms with E-state index in [1.807, 2.05) is 12.2 Å². The summed E-state index contributed by atoms with van der Waals surface area (Å²) in [5.74, 6) is -0.161. The molecule has 68 heavy (non-hydrogen) atoms. The first-order valence-electron chi connectivity index (χ1n) is 30.3. The van der Waals surface area contributed by atoms with E-state index in [1.165, 1.54) is 238 Å². The average molecular weight is 957 g/mol. The molecule has 0 aliphatic carbocycles. The van der Waals surface area contributed by atoms with Crippen LogP contribution in [0.4, 0.5) is 0 Å². The van der Waals surface area contributed by atoms with Gasteiger partial charge < -0.3 is 20.3 Å². The van der Waals surface area contributed by atoms with Gasteiger partial charge in [0.1, 0.15) is 0 Å². The standard InChI is InChI=1S/C62H117NO5/c1-3-5-7-9-11-13-15-17-19-20-21-22-23-24-25-26-27-28-30-34-38-42-46-50-54-60(65)59(58-64)63-61(66)55-51-47-43-39-35-31-29-33-37-41-45-49-53-57-68-62(67)56-52-48-44-40-36-32-18-16-14-12-10-8-6-4-2/h31,35,43,47,50,54,59-60,64-65H,3-30,32-34,36-42,44-46,48-49,51-53,55-58H2,1-2H3,(H,63,66)/b35-31-,47-43-,54-50+. The molecule has 6 nitrogen and oxygen atoms in total. The van der Waals surface area contributed by atoms with Crippen LogP contribution < -0.4 is 5.32 Å². The van der Waals surface area contributed by atoms with Gasteiger partial charge in [0, 0.05) is 12.8 Å². The molecular weight excluding hydrogens is 839 g/mol. The molecule has 3 N–H and O–H groups in total. The van der Waals surface area contributed by atoms with E-state index in [0.29, 0.717) is 25.9 Å². The molecule has 0 aromatic rings. The van der Waals surface area contributed by atoms with Gasteiger partial charge in [-0.25, -0.2) is 0 Å². The van der Waals surface area contributed by atoms with E-state index in [4.69, 9.17) is 4.74 Å². The molecule has 0 aliphatic heterocycles. The van der Waals surface area contributed by atoms with Crippen LogP contribution in [0.25, 0.3) is 0 Å². The van der Waals surface area contributed by atoms with E-state index in [0.717, 1.165) is 51.4 Å². The molecule has 6 heteroatoms. The topological polar surface area (TPSA) is 95.9 Å². The van der Waals surface area contributed by atoms with Crippen LogP contribution in [0.5, 0.6) is 0 Å². The number of esters is 1. The van der Waals surface area contributed by atoms with Crippen molar-refractivity contribution in [2.24, 2.45) is 0 Å². The van der Waals surface area contributed by atoms with E-state index in [9.17, 15) is 19.8 Å². The van der Waals surface area contributed by atoms with Crippen molar-refractivity contribution in [2.75, 3.05) is 13.2 Å². The highest BCUT2D eigenvalue weighted by atomic mass is 16.5. The molecule has 2 atom stereocenters. The molecule has 0 saturated carbocycles. The molecule has 0 heterocycles. The van der Waals surface area contributed by atoms with Gasteiger partial charge in [0.05, 0.1) is 25.4 Å². The highest BCUT2D eigenvalue weighted by Crippen LogP contribution is 2.17. The van der Waals surface area contributed by atoms with Crippen molar-refractivity contribution in [3.8, 4) is 0 Å². The number of rotatable bonds is 56. The van der Waals surface area contributed by atoms with Gasteiger partial charge in [-0.2, -0.15) is 0 Å². The van der Waals surface area contributed by atoms with Crippen LogP contribution in [0, 0.1) is 0 Å². The van der Waals surface area contributed by atoms with Gasteiger partial charge in [-0.15, -0.1) is 0 Å². The lowest BCUT2D eigenvalue weighted by atomic mass is 10.0. The minimum absolute atomic E-state index is 0.0158. The number of unbranched alkanes of at least 4 members (excludes halogenated alkanes) is 41. The number of ether oxygens (including phenoxy) is 1. The van der Waals surface area contributed by atoms with Crippen LogP contribution in [-0.2, 0) is 14.3 Å². The first-order valence-corrected chi connectivity index (χ1v) is 30.3. The molecule has 2 unspecified atom stereocenters. The largest absolute Gasteiger partial charge is 0.466 e. The van der Waals surface area contributed by atoms with Crippen molar-refractivity contribution in [3.05, 3.63) is 36.5 Å². The fourth-order valence-electron chi connectivity index (χ4n) is 9.27. The minimum atomic E-state index is -0.880. The summed E-state index contributed by atoms with van der Waals surface area (Å²) in [4.78, 5) is 24.5. The number of aliphatic hydroxyl groups is 2. The van der Waals surface area contributed by atoms with Crippen molar-refractivity contribution in [2.45, 2.75) is 334 Å². The smallest absolute Gasteiger partial charge is 0.305 e. The molecule has 0 radical (unpaired) electrons. The predicted octanol–water partition coefficient (Wildman–Crippen LogP) is 18.8. The maximum absolute atomic E-state index is 12.5. The van der Waals surface area contributed by atoms with Crippen LogP contribution in [0.1, 0.15) is 322 Å². The second kappa shape index (κ2) is 57.7. The Kier molecular flexibility index (Phi) is 56.0. The number of amides is 1. The lowest BCUT2D eigenvalue weighted by Crippen LogP contribution is -2.45. The zero-order chi connectivity index (χ0) is 49.3. The summed E-state index contributed by atoms with van der Waals surface area (Å²) in [6.07, 6.45) is 71.9. The Morgan fingerprint density at radius 2 is 0.750 bits per heavy atom. The lowest BCUT2D eigenvalue weighted by Gasteiger charge is -2.19. The molecule has 0 fully saturated rings. The zero-order valence-electron chi connectivity index (χ0n) is 45.6. The summed E-state index contributed by atoms with van der Waals surface area (Å²) in [5, 5.41) is 23.1. The number of aliphatic hydroxyl groups excluding tert-OH is 2. The van der Waals surface area contributed by atoms with Crippen LogP contribution >= 0.6 is 0 Å². The average Bonchev–Trinajstić information content (AvgIpc) is 3.34. The van der Waals surface area contributed by atoms with Gasteiger partial charge in [-0.05, 0) is 51.4 Å². The highest BCUT2D eigenvalue weighted by molar-refractivity contribution is 5.76. The SMILES string of the molecule is CCCCCCCCCCCCCCCCCCCCCCCC/C=C/C(O)C(CO)NC(=O)CC/C=C\C/C=C\CCCCCCCCOC(=O)CCCCCCCCCCCCCCCC. The molecular formula is C62H117NO5. The molecule has 0 bridgehead atoms. The normalized spacial score (nSPS) is 12.8. The van der Waals surface area contributed by atoms with Crippen LogP contribution in [0.2, 0.25) is 0 Å². The van der Waals surface area contributed by atoms with E-state index in [-0.39, 0.29) is 18.5 Å². The summed E-state index contributed by atoms with van der Waals surface area (Å²) in [6, 6.07) is -0.673. The Morgan fingerprint density at radius 1 is 0.412 bits per heavy atom. The van der Waals surface area contributed by atoms with Crippen molar-refractivity contribution >= 4 is 11.9 Å². The number of nitrogens with one attached hydrogen (secondary N) is 1. The maximum atomic E-state index is 12.5. The predicted molar refractivity (Wildman–Crippen MR) is 296 cm³/mol. The van der Waals surface area contributed by atoms with Gasteiger partial charge in [-0.1, -0.05) is 294 Å². The van der Waals surface area contributed by atoms with Gasteiger partial charge in [0.25, 0.3) is 0 Å². The molecule has 0 aromatic carbocycles. The van der Waals surface area contributed by atoms with Gasteiger partial charge >= 0.3 is 5.97 Å². The van der Waals surface area contributed by atoms with Crippen molar-refractivity contribution in [1.82, 2.24) is 5.32 Å². The Hall–Kier alpha value is -1.92. The van der Waals surface area contributed by atoms with E-state index in [1.54, 1.807) is 6.08 Å². The summed E-state index contributed by atoms with van der Waals surface area (Å²) in [6.45, 7) is 4.86. The van der Waals surface area contributed by atoms with Crippen LogP contribution in [-0.4, -0.2) is 47.4 Å². The number of carbonyl (C=O) groups is 2. The number of carbonyl (C=O) groups excluding carboxylic acids is 2. The second-order valence-electron chi connectivity index (χ2n) is 20.7. The lowest BCUT2D eigenvalue weighted by molar-refractivity contribution is -0.143. The first-order chi connectivity index (χ1) is 33.5. The third-order valence-corrected chi connectivity index (χ3v) is 13.9. The Labute approximate surface area is 424 Å². The fourth-order valence-corrected chi connectivity index (χ4v) is 9.27. The summed E-state index contributed by atoms with van der Waals surface area (Å²) >= 11 is 0. The quantitative estimate of drug-likeness (QED) is 0.0321. The maximum Gasteiger partial charge on any atom is 0.305 e. The molecule has 1 amide bonds. The molecule has 0 aliphatic rings. The van der Waals surface area contributed by atoms with Crippen molar-refractivity contribution in [3.63, 3.8) is 0 Å². The molecule has 0 spiro atoms. The Bertz CT molecular complexity index is 1100. The minimum Gasteiger partial charge on any atom is -0.466 e. The third-order valence-electron chi connectivity index (χ3n) is 13.9. The molecule has 400 valence electrons. The van der Waals surface area contributed by atoms with E-state index in [2.05, 4.69) is 37.4 Å². The van der Waals surface area contributed by atoms with Crippen molar-refractivity contribution < 1.29 is 24.5 Å². The highest BCUT2D eigenvalue weighted by Gasteiger charge is 2.17. The fraction of sp³-hybridized carbons (Fsp3) is 0.871. The summed E-state index contributed by atoms with van der Waals surface area (Å²) in [7, 11) is 0. The second-order valence-corrected chi connectivity index (χ2v) is 20.7. The Morgan fingerprint density at radius 3 is 1.15 bits per heavy atom. The summed E-state index contributed by atoms with van der Waals surface area (Å²) < 4.78 is 5.46. The monoisotopic (exact) mass is 956 g/mol. The number of hydrogen-bond donors (Lipinski definition) is 3. The Balaban J connectivity index is 3.56. The number of hydrogen-bond acceptors (Lipinski definition) is 5. The van der Waals surface area contributed by atoms with E-state index >= 15 is 0 Å². The van der Waals surface area contributed by atoms with Gasteiger partial charge in [0.15, 0.2) is 0 Å². The van der Waals surface area contributed by atoms with Crippen LogP contribution in [0.15, 0.2) is 36.5 Å². The molecule has 0 saturated heterocycles. The van der Waals surface area contributed by atoms with E-state index < -0.39 is 12.1 Å². The van der Waals surface area contributed by atoms with Crippen molar-refractivity contribution in [1.29, 1.82) is 0 Å². The molecule has 0 aromatic heterocycles.